The monoisotopic (exact) mass is 436 g/mol. The summed E-state index contributed by atoms with van der Waals surface area (Å²) in [6, 6.07) is 5.74. The molecular weight excluding hydrogens is 416 g/mol. The number of nitrogens with one attached hydrogen (secondary N) is 2. The van der Waals surface area contributed by atoms with Crippen molar-refractivity contribution in [1.29, 1.82) is 0 Å². The van der Waals surface area contributed by atoms with E-state index >= 15 is 0 Å². The van der Waals surface area contributed by atoms with Gasteiger partial charge in [-0.15, -0.1) is 0 Å². The Hall–Kier alpha value is -2.94. The van der Waals surface area contributed by atoms with Crippen molar-refractivity contribution in [2.45, 2.75) is 44.0 Å². The van der Waals surface area contributed by atoms with Crippen LogP contribution in [0.25, 0.3) is 0 Å². The van der Waals surface area contributed by atoms with Crippen LogP contribution >= 0.6 is 0 Å². The molecule has 3 unspecified atom stereocenters. The van der Waals surface area contributed by atoms with Crippen molar-refractivity contribution >= 4 is 17.5 Å². The number of carbonyl (C=O) groups excluding carboxylic acids is 2. The maximum absolute atomic E-state index is 13.7. The molecule has 0 aromatic heterocycles. The minimum absolute atomic E-state index is 0.237. The Labute approximate surface area is 175 Å². The van der Waals surface area contributed by atoms with E-state index in [1.54, 1.807) is 12.1 Å². The summed E-state index contributed by atoms with van der Waals surface area (Å²) >= 11 is 0. The highest BCUT2D eigenvalue weighted by molar-refractivity contribution is 6.07. The first kappa shape index (κ1) is 21.3. The average molecular weight is 436 g/mol. The quantitative estimate of drug-likeness (QED) is 0.623. The molecule has 2 amide bonds. The highest BCUT2D eigenvalue weighted by Gasteiger charge is 2.40. The van der Waals surface area contributed by atoms with Crippen LogP contribution in [-0.4, -0.2) is 23.0 Å². The summed E-state index contributed by atoms with van der Waals surface area (Å²) in [6.07, 6.45) is -2.36. The van der Waals surface area contributed by atoms with Crippen molar-refractivity contribution in [3.63, 3.8) is 0 Å². The SMILES string of the molecule is O=C(Nc1cccc2c1C(C1CCCCC1O)NC2=O)c1cc(F)cc(C(F)(F)F)c1. The van der Waals surface area contributed by atoms with Crippen molar-refractivity contribution in [2.75, 3.05) is 5.32 Å². The van der Waals surface area contributed by atoms with E-state index in [0.717, 1.165) is 18.9 Å². The molecule has 0 spiro atoms. The Bertz CT molecular complexity index is 1040. The van der Waals surface area contributed by atoms with Crippen LogP contribution in [0.4, 0.5) is 23.2 Å². The molecule has 1 fully saturated rings. The minimum Gasteiger partial charge on any atom is -0.393 e. The Morgan fingerprint density at radius 3 is 2.58 bits per heavy atom. The molecule has 164 valence electrons. The van der Waals surface area contributed by atoms with Gasteiger partial charge in [-0.05, 0) is 43.2 Å². The third kappa shape index (κ3) is 4.14. The second-order valence-corrected chi connectivity index (χ2v) is 7.91. The first-order valence-corrected chi connectivity index (χ1v) is 9.96. The molecule has 1 heterocycles. The van der Waals surface area contributed by atoms with Crippen LogP contribution in [0.5, 0.6) is 0 Å². The van der Waals surface area contributed by atoms with Crippen LogP contribution in [0.3, 0.4) is 0 Å². The van der Waals surface area contributed by atoms with E-state index < -0.39 is 41.2 Å². The van der Waals surface area contributed by atoms with Crippen LogP contribution in [0.2, 0.25) is 0 Å². The second kappa shape index (κ2) is 7.96. The summed E-state index contributed by atoms with van der Waals surface area (Å²) < 4.78 is 52.7. The van der Waals surface area contributed by atoms with E-state index in [2.05, 4.69) is 10.6 Å². The lowest BCUT2D eigenvalue weighted by molar-refractivity contribution is -0.137. The molecule has 3 N–H and O–H groups in total. The lowest BCUT2D eigenvalue weighted by Crippen LogP contribution is -2.35. The summed E-state index contributed by atoms with van der Waals surface area (Å²) in [4.78, 5) is 25.1. The maximum atomic E-state index is 13.7. The van der Waals surface area contributed by atoms with Gasteiger partial charge >= 0.3 is 6.18 Å². The molecule has 9 heteroatoms. The number of anilines is 1. The molecule has 2 aromatic carbocycles. The molecule has 2 aromatic rings. The fourth-order valence-corrected chi connectivity index (χ4v) is 4.43. The van der Waals surface area contributed by atoms with Gasteiger partial charge < -0.3 is 15.7 Å². The van der Waals surface area contributed by atoms with Crippen molar-refractivity contribution in [1.82, 2.24) is 5.32 Å². The number of hydrogen-bond acceptors (Lipinski definition) is 3. The van der Waals surface area contributed by atoms with Gasteiger partial charge in [0.25, 0.3) is 11.8 Å². The molecule has 4 rings (SSSR count). The molecule has 1 saturated carbocycles. The number of halogens is 4. The van der Waals surface area contributed by atoms with Crippen molar-refractivity contribution < 1.29 is 32.3 Å². The lowest BCUT2D eigenvalue weighted by atomic mass is 9.79. The van der Waals surface area contributed by atoms with E-state index in [0.29, 0.717) is 36.1 Å². The van der Waals surface area contributed by atoms with E-state index in [1.807, 2.05) is 0 Å². The zero-order valence-corrected chi connectivity index (χ0v) is 16.3. The fourth-order valence-electron chi connectivity index (χ4n) is 4.43. The standard InChI is InChI=1S/C22H20F4N2O3/c23-13-9-11(8-12(10-13)22(24,25)26)20(30)27-16-6-3-5-15-18(16)19(28-21(15)31)14-4-1-2-7-17(14)29/h3,5-6,8-10,14,17,19,29H,1-2,4,7H2,(H,27,30)(H,28,31). The van der Waals surface area contributed by atoms with Crippen LogP contribution in [0.15, 0.2) is 36.4 Å². The second-order valence-electron chi connectivity index (χ2n) is 7.91. The Kier molecular flexibility index (Phi) is 5.47. The summed E-state index contributed by atoms with van der Waals surface area (Å²) in [5.74, 6) is -2.71. The molecule has 1 aliphatic carbocycles. The zero-order valence-electron chi connectivity index (χ0n) is 16.3. The maximum Gasteiger partial charge on any atom is 0.416 e. The number of aliphatic hydroxyl groups excluding tert-OH is 1. The summed E-state index contributed by atoms with van der Waals surface area (Å²) in [7, 11) is 0. The number of hydrogen-bond donors (Lipinski definition) is 3. The van der Waals surface area contributed by atoms with E-state index in [9.17, 15) is 32.3 Å². The van der Waals surface area contributed by atoms with Crippen molar-refractivity contribution in [3.8, 4) is 0 Å². The van der Waals surface area contributed by atoms with Crippen LogP contribution in [-0.2, 0) is 6.18 Å². The summed E-state index contributed by atoms with van der Waals surface area (Å²) in [5, 5.41) is 15.8. The van der Waals surface area contributed by atoms with Gasteiger partial charge in [-0.1, -0.05) is 18.9 Å². The highest BCUT2D eigenvalue weighted by Crippen LogP contribution is 2.42. The van der Waals surface area contributed by atoms with E-state index in [4.69, 9.17) is 0 Å². The third-order valence-corrected chi connectivity index (χ3v) is 5.89. The van der Waals surface area contributed by atoms with Gasteiger partial charge in [0.05, 0.1) is 17.7 Å². The van der Waals surface area contributed by atoms with Crippen molar-refractivity contribution in [3.05, 3.63) is 64.5 Å². The fraction of sp³-hybridized carbons (Fsp3) is 0.364. The predicted octanol–water partition coefficient (Wildman–Crippen LogP) is 4.43. The normalized spacial score (nSPS) is 23.3. The summed E-state index contributed by atoms with van der Waals surface area (Å²) in [6.45, 7) is 0. The molecule has 1 aliphatic heterocycles. The lowest BCUT2D eigenvalue weighted by Gasteiger charge is -2.33. The number of aliphatic hydroxyl groups is 1. The van der Waals surface area contributed by atoms with E-state index in [1.165, 1.54) is 6.07 Å². The van der Waals surface area contributed by atoms with Gasteiger partial charge in [0.2, 0.25) is 0 Å². The predicted molar refractivity (Wildman–Crippen MR) is 104 cm³/mol. The molecule has 0 bridgehead atoms. The molecule has 31 heavy (non-hydrogen) atoms. The third-order valence-electron chi connectivity index (χ3n) is 5.89. The molecule has 0 saturated heterocycles. The number of benzene rings is 2. The zero-order chi connectivity index (χ0) is 22.3. The molecule has 2 aliphatic rings. The van der Waals surface area contributed by atoms with Crippen LogP contribution < -0.4 is 10.6 Å². The average Bonchev–Trinajstić information content (AvgIpc) is 3.05. The van der Waals surface area contributed by atoms with Crippen LogP contribution in [0, 0.1) is 11.7 Å². The summed E-state index contributed by atoms with van der Waals surface area (Å²) in [5.41, 5.74) is -0.705. The molecule has 5 nitrogen and oxygen atoms in total. The molecular formula is C22H20F4N2O3. The van der Waals surface area contributed by atoms with Gasteiger partial charge in [-0.25, -0.2) is 4.39 Å². The van der Waals surface area contributed by atoms with Gasteiger partial charge in [-0.3, -0.25) is 9.59 Å². The smallest absolute Gasteiger partial charge is 0.393 e. The largest absolute Gasteiger partial charge is 0.416 e. The molecule has 0 radical (unpaired) electrons. The minimum atomic E-state index is -4.80. The number of carbonyl (C=O) groups is 2. The number of amides is 2. The first-order valence-electron chi connectivity index (χ1n) is 9.96. The van der Waals surface area contributed by atoms with E-state index in [-0.39, 0.29) is 17.5 Å². The Balaban J connectivity index is 1.67. The Morgan fingerprint density at radius 1 is 1.13 bits per heavy atom. The van der Waals surface area contributed by atoms with Gasteiger partial charge in [-0.2, -0.15) is 13.2 Å². The first-order chi connectivity index (χ1) is 14.6. The number of alkyl halides is 3. The van der Waals surface area contributed by atoms with Gasteiger partial charge in [0.1, 0.15) is 5.82 Å². The highest BCUT2D eigenvalue weighted by atomic mass is 19.4. The number of fused-ring (bicyclic) bond motifs is 1. The van der Waals surface area contributed by atoms with Crippen molar-refractivity contribution in [2.24, 2.45) is 5.92 Å². The van der Waals surface area contributed by atoms with Gasteiger partial charge in [0.15, 0.2) is 0 Å². The number of rotatable bonds is 3. The topological polar surface area (TPSA) is 78.4 Å². The Morgan fingerprint density at radius 2 is 1.87 bits per heavy atom. The molecule has 3 atom stereocenters. The van der Waals surface area contributed by atoms with Gasteiger partial charge in [0, 0.05) is 28.3 Å². The van der Waals surface area contributed by atoms with Crippen LogP contribution in [0.1, 0.15) is 63.6 Å².